The van der Waals surface area contributed by atoms with Crippen LogP contribution in [0.3, 0.4) is 0 Å². The molecule has 0 N–H and O–H groups in total. The topological polar surface area (TPSA) is 17.1 Å². The molecule has 0 heterocycles. The van der Waals surface area contributed by atoms with Crippen LogP contribution < -0.4 is 0 Å². The second-order valence-electron chi connectivity index (χ2n) is 5.29. The van der Waals surface area contributed by atoms with Crippen LogP contribution in [0.4, 0.5) is 0 Å². The van der Waals surface area contributed by atoms with Gasteiger partial charge in [0.05, 0.1) is 0 Å². The molecule has 1 heteroatoms. The van der Waals surface area contributed by atoms with Crippen LogP contribution in [0.1, 0.15) is 54.9 Å². The number of rotatable bonds is 2. The van der Waals surface area contributed by atoms with Gasteiger partial charge in [0.25, 0.3) is 0 Å². The minimum absolute atomic E-state index is 0.692. The van der Waals surface area contributed by atoms with Crippen LogP contribution in [-0.4, -0.2) is 6.29 Å². The summed E-state index contributed by atoms with van der Waals surface area (Å²) in [5.74, 6) is 2.34. The van der Waals surface area contributed by atoms with Crippen LogP contribution in [0.15, 0.2) is 24.3 Å². The molecule has 0 spiro atoms. The van der Waals surface area contributed by atoms with Gasteiger partial charge in [0.1, 0.15) is 6.29 Å². The SMILES string of the molecule is CC1CCC(c2ccc(C=O)cc2)C(C)C1. The van der Waals surface area contributed by atoms with Gasteiger partial charge in [0, 0.05) is 5.56 Å². The third kappa shape index (κ3) is 2.34. The Hall–Kier alpha value is -1.11. The smallest absolute Gasteiger partial charge is 0.150 e. The highest BCUT2D eigenvalue weighted by atomic mass is 16.1. The molecule has 0 aliphatic heterocycles. The zero-order valence-corrected chi connectivity index (χ0v) is 10.1. The van der Waals surface area contributed by atoms with Gasteiger partial charge in [-0.15, -0.1) is 0 Å². The summed E-state index contributed by atoms with van der Waals surface area (Å²) < 4.78 is 0. The first-order valence-electron chi connectivity index (χ1n) is 6.26. The number of aldehydes is 1. The third-order valence-electron chi connectivity index (χ3n) is 3.93. The Kier molecular flexibility index (Phi) is 3.42. The maximum Gasteiger partial charge on any atom is 0.150 e. The van der Waals surface area contributed by atoms with Crippen LogP contribution in [0.2, 0.25) is 0 Å². The van der Waals surface area contributed by atoms with Gasteiger partial charge >= 0.3 is 0 Å². The van der Waals surface area contributed by atoms with Crippen molar-refractivity contribution >= 4 is 6.29 Å². The van der Waals surface area contributed by atoms with Crippen molar-refractivity contribution in [3.05, 3.63) is 35.4 Å². The lowest BCUT2D eigenvalue weighted by Crippen LogP contribution is -2.19. The largest absolute Gasteiger partial charge is 0.298 e. The van der Waals surface area contributed by atoms with E-state index in [4.69, 9.17) is 0 Å². The molecule has 1 nitrogen and oxygen atoms in total. The van der Waals surface area contributed by atoms with E-state index in [1.165, 1.54) is 24.8 Å². The van der Waals surface area contributed by atoms with Gasteiger partial charge in [-0.1, -0.05) is 44.5 Å². The molecule has 1 aliphatic carbocycles. The summed E-state index contributed by atoms with van der Waals surface area (Å²) in [5, 5.41) is 0. The van der Waals surface area contributed by atoms with Crippen molar-refractivity contribution in [2.45, 2.75) is 39.0 Å². The van der Waals surface area contributed by atoms with Crippen LogP contribution in [0, 0.1) is 11.8 Å². The van der Waals surface area contributed by atoms with E-state index in [1.54, 1.807) is 0 Å². The molecular weight excluding hydrogens is 196 g/mol. The number of hydrogen-bond donors (Lipinski definition) is 0. The Morgan fingerprint density at radius 2 is 1.81 bits per heavy atom. The first-order valence-corrected chi connectivity index (χ1v) is 6.26. The van der Waals surface area contributed by atoms with Crippen molar-refractivity contribution in [3.63, 3.8) is 0 Å². The van der Waals surface area contributed by atoms with Crippen LogP contribution in [-0.2, 0) is 0 Å². The molecule has 2 rings (SSSR count). The van der Waals surface area contributed by atoms with Gasteiger partial charge in [0.15, 0.2) is 0 Å². The average Bonchev–Trinajstić information content (AvgIpc) is 2.29. The first-order chi connectivity index (χ1) is 7.70. The van der Waals surface area contributed by atoms with Gasteiger partial charge < -0.3 is 0 Å². The predicted octanol–water partition coefficient (Wildman–Crippen LogP) is 4.04. The maximum atomic E-state index is 10.6. The number of carbonyl (C=O) groups excluding carboxylic acids is 1. The van der Waals surface area contributed by atoms with Crippen molar-refractivity contribution in [2.75, 3.05) is 0 Å². The fourth-order valence-electron chi connectivity index (χ4n) is 2.98. The minimum Gasteiger partial charge on any atom is -0.298 e. The molecule has 0 saturated heterocycles. The summed E-state index contributed by atoms with van der Waals surface area (Å²) in [5.41, 5.74) is 2.19. The van der Waals surface area contributed by atoms with Crippen molar-refractivity contribution < 1.29 is 4.79 Å². The average molecular weight is 216 g/mol. The van der Waals surface area contributed by atoms with E-state index < -0.39 is 0 Å². The van der Waals surface area contributed by atoms with E-state index in [2.05, 4.69) is 26.0 Å². The zero-order chi connectivity index (χ0) is 11.5. The molecule has 0 bridgehead atoms. The quantitative estimate of drug-likeness (QED) is 0.682. The van der Waals surface area contributed by atoms with Crippen LogP contribution >= 0.6 is 0 Å². The Morgan fingerprint density at radius 1 is 1.12 bits per heavy atom. The first kappa shape index (κ1) is 11.4. The highest BCUT2D eigenvalue weighted by Gasteiger charge is 2.26. The summed E-state index contributed by atoms with van der Waals surface area (Å²) in [6.07, 6.45) is 4.88. The molecule has 3 atom stereocenters. The highest BCUT2D eigenvalue weighted by Crippen LogP contribution is 2.39. The summed E-state index contributed by atoms with van der Waals surface area (Å²) >= 11 is 0. The molecule has 1 aromatic carbocycles. The van der Waals surface area contributed by atoms with E-state index in [0.29, 0.717) is 5.92 Å². The molecule has 1 fully saturated rings. The molecule has 3 unspecified atom stereocenters. The summed E-state index contributed by atoms with van der Waals surface area (Å²) in [4.78, 5) is 10.6. The third-order valence-corrected chi connectivity index (χ3v) is 3.93. The standard InChI is InChI=1S/C15H20O/c1-11-3-8-15(12(2)9-11)14-6-4-13(10-16)5-7-14/h4-7,10-12,15H,3,8-9H2,1-2H3. The predicted molar refractivity (Wildman–Crippen MR) is 66.7 cm³/mol. The molecule has 1 aliphatic rings. The monoisotopic (exact) mass is 216 g/mol. The molecule has 0 aromatic heterocycles. The Labute approximate surface area is 97.9 Å². The van der Waals surface area contributed by atoms with E-state index in [1.807, 2.05) is 12.1 Å². The van der Waals surface area contributed by atoms with Crippen LogP contribution in [0.5, 0.6) is 0 Å². The molecule has 16 heavy (non-hydrogen) atoms. The molecule has 0 amide bonds. The van der Waals surface area contributed by atoms with Crippen molar-refractivity contribution in [2.24, 2.45) is 11.8 Å². The maximum absolute atomic E-state index is 10.6. The fourth-order valence-corrected chi connectivity index (χ4v) is 2.98. The number of carbonyl (C=O) groups is 1. The van der Waals surface area contributed by atoms with Gasteiger partial charge in [-0.25, -0.2) is 0 Å². The minimum atomic E-state index is 0.692. The number of benzene rings is 1. The molecule has 1 saturated carbocycles. The van der Waals surface area contributed by atoms with Crippen molar-refractivity contribution in [1.29, 1.82) is 0 Å². The second kappa shape index (κ2) is 4.82. The fraction of sp³-hybridized carbons (Fsp3) is 0.533. The number of hydrogen-bond acceptors (Lipinski definition) is 1. The van der Waals surface area contributed by atoms with Crippen molar-refractivity contribution in [1.82, 2.24) is 0 Å². The second-order valence-corrected chi connectivity index (χ2v) is 5.29. The lowest BCUT2D eigenvalue weighted by atomic mass is 9.72. The van der Waals surface area contributed by atoms with Gasteiger partial charge in [0.2, 0.25) is 0 Å². The van der Waals surface area contributed by atoms with Crippen molar-refractivity contribution in [3.8, 4) is 0 Å². The van der Waals surface area contributed by atoms with E-state index in [9.17, 15) is 4.79 Å². The summed E-state index contributed by atoms with van der Waals surface area (Å²) in [6, 6.07) is 8.13. The van der Waals surface area contributed by atoms with Crippen LogP contribution in [0.25, 0.3) is 0 Å². The van der Waals surface area contributed by atoms with E-state index in [-0.39, 0.29) is 0 Å². The Bertz CT molecular complexity index is 352. The zero-order valence-electron chi connectivity index (χ0n) is 10.1. The molecular formula is C15H20O. The molecule has 0 radical (unpaired) electrons. The van der Waals surface area contributed by atoms with Gasteiger partial charge in [-0.05, 0) is 36.2 Å². The van der Waals surface area contributed by atoms with Gasteiger partial charge in [-0.2, -0.15) is 0 Å². The normalized spacial score (nSPS) is 30.0. The van der Waals surface area contributed by atoms with E-state index in [0.717, 1.165) is 23.7 Å². The molecule has 1 aromatic rings. The Balaban J connectivity index is 2.14. The summed E-state index contributed by atoms with van der Waals surface area (Å²) in [7, 11) is 0. The van der Waals surface area contributed by atoms with E-state index >= 15 is 0 Å². The Morgan fingerprint density at radius 3 is 2.38 bits per heavy atom. The van der Waals surface area contributed by atoms with Gasteiger partial charge in [-0.3, -0.25) is 4.79 Å². The molecule has 86 valence electrons. The highest BCUT2D eigenvalue weighted by molar-refractivity contribution is 5.74. The summed E-state index contributed by atoms with van der Waals surface area (Å²) in [6.45, 7) is 4.70. The lowest BCUT2D eigenvalue weighted by molar-refractivity contribution is 0.112. The lowest BCUT2D eigenvalue weighted by Gasteiger charge is -2.33.